The van der Waals surface area contributed by atoms with E-state index in [1.807, 2.05) is 41.8 Å². The highest BCUT2D eigenvalue weighted by Gasteiger charge is 2.21. The van der Waals surface area contributed by atoms with E-state index in [1.165, 1.54) is 6.26 Å². The number of amides is 1. The van der Waals surface area contributed by atoms with Crippen molar-refractivity contribution >= 4 is 34.1 Å². The number of carbonyl (C=O) groups excluding carboxylic acids is 2. The molecule has 0 radical (unpaired) electrons. The van der Waals surface area contributed by atoms with Gasteiger partial charge in [0, 0.05) is 5.39 Å². The third-order valence-corrected chi connectivity index (χ3v) is 5.27. The van der Waals surface area contributed by atoms with Gasteiger partial charge in [-0.1, -0.05) is 24.3 Å². The first kappa shape index (κ1) is 18.9. The minimum atomic E-state index is -0.949. The minimum Gasteiger partial charge on any atom is -0.467 e. The second kappa shape index (κ2) is 8.28. The summed E-state index contributed by atoms with van der Waals surface area (Å²) >= 11 is 1.54. The molecular formula is C22H18N2O4S. The molecule has 0 saturated heterocycles. The number of ether oxygens (including phenoxy) is 1. The number of nitrogens with one attached hydrogen (secondary N) is 1. The van der Waals surface area contributed by atoms with Crippen molar-refractivity contribution < 1.29 is 18.7 Å². The summed E-state index contributed by atoms with van der Waals surface area (Å²) < 4.78 is 10.6. The Kier molecular flexibility index (Phi) is 5.39. The van der Waals surface area contributed by atoms with Crippen molar-refractivity contribution in [1.82, 2.24) is 10.3 Å². The predicted molar refractivity (Wildman–Crippen MR) is 110 cm³/mol. The molecule has 1 N–H and O–H groups in total. The normalized spacial score (nSPS) is 11.9. The number of rotatable bonds is 6. The molecule has 4 aromatic rings. The molecule has 0 aliphatic carbocycles. The molecule has 0 spiro atoms. The molecule has 29 heavy (non-hydrogen) atoms. The number of para-hydroxylation sites is 1. The first-order chi connectivity index (χ1) is 14.1. The second-order valence-corrected chi connectivity index (χ2v) is 7.34. The van der Waals surface area contributed by atoms with Gasteiger partial charge in [-0.25, -0.2) is 9.78 Å². The second-order valence-electron chi connectivity index (χ2n) is 6.39. The fourth-order valence-electron chi connectivity index (χ4n) is 2.90. The molecule has 0 fully saturated rings. The molecule has 4 rings (SSSR count). The van der Waals surface area contributed by atoms with Crippen molar-refractivity contribution in [3.05, 3.63) is 77.6 Å². The third-order valence-electron chi connectivity index (χ3n) is 4.38. The van der Waals surface area contributed by atoms with E-state index in [1.54, 1.807) is 36.5 Å². The van der Waals surface area contributed by atoms with Gasteiger partial charge in [0.15, 0.2) is 6.10 Å². The maximum absolute atomic E-state index is 12.9. The summed E-state index contributed by atoms with van der Waals surface area (Å²) in [6.07, 6.45) is 0.583. The van der Waals surface area contributed by atoms with E-state index in [9.17, 15) is 9.59 Å². The van der Waals surface area contributed by atoms with Gasteiger partial charge in [0.25, 0.3) is 5.91 Å². The molecule has 146 valence electrons. The number of pyridine rings is 1. The summed E-state index contributed by atoms with van der Waals surface area (Å²) in [6, 6.07) is 16.5. The Hall–Kier alpha value is -3.45. The number of benzene rings is 1. The lowest BCUT2D eigenvalue weighted by molar-refractivity contribution is -0.129. The van der Waals surface area contributed by atoms with Crippen LogP contribution in [0.4, 0.5) is 0 Å². The maximum atomic E-state index is 12.9. The highest BCUT2D eigenvalue weighted by molar-refractivity contribution is 7.13. The van der Waals surface area contributed by atoms with Crippen molar-refractivity contribution in [2.45, 2.75) is 19.6 Å². The summed E-state index contributed by atoms with van der Waals surface area (Å²) in [5, 5.41) is 5.33. The van der Waals surface area contributed by atoms with Gasteiger partial charge in [0.1, 0.15) is 5.76 Å². The molecule has 0 aliphatic heterocycles. The van der Waals surface area contributed by atoms with Crippen LogP contribution in [0.3, 0.4) is 0 Å². The Morgan fingerprint density at radius 1 is 1.17 bits per heavy atom. The number of furan rings is 1. The van der Waals surface area contributed by atoms with Crippen LogP contribution in [0.15, 0.2) is 70.7 Å². The van der Waals surface area contributed by atoms with Crippen LogP contribution >= 0.6 is 11.3 Å². The molecule has 1 amide bonds. The number of hydrogen-bond donors (Lipinski definition) is 1. The Balaban J connectivity index is 1.55. The fourth-order valence-corrected chi connectivity index (χ4v) is 3.59. The molecule has 0 bridgehead atoms. The van der Waals surface area contributed by atoms with Gasteiger partial charge >= 0.3 is 5.97 Å². The smallest absolute Gasteiger partial charge is 0.339 e. The molecular weight excluding hydrogens is 388 g/mol. The Morgan fingerprint density at radius 2 is 2.03 bits per heavy atom. The zero-order valence-electron chi connectivity index (χ0n) is 15.6. The fraction of sp³-hybridized carbons (Fsp3) is 0.136. The average Bonchev–Trinajstić information content (AvgIpc) is 3.45. The van der Waals surface area contributed by atoms with E-state index in [0.29, 0.717) is 27.9 Å². The summed E-state index contributed by atoms with van der Waals surface area (Å²) in [7, 11) is 0. The number of hydrogen-bond acceptors (Lipinski definition) is 6. The monoisotopic (exact) mass is 406 g/mol. The van der Waals surface area contributed by atoms with E-state index in [2.05, 4.69) is 10.3 Å². The van der Waals surface area contributed by atoms with Crippen molar-refractivity contribution in [2.75, 3.05) is 0 Å². The zero-order chi connectivity index (χ0) is 20.2. The molecule has 0 saturated carbocycles. The quantitative estimate of drug-likeness (QED) is 0.480. The van der Waals surface area contributed by atoms with Gasteiger partial charge in [-0.2, -0.15) is 0 Å². The lowest BCUT2D eigenvalue weighted by atomic mass is 10.1. The minimum absolute atomic E-state index is 0.231. The van der Waals surface area contributed by atoms with Gasteiger partial charge in [0.2, 0.25) is 0 Å². The van der Waals surface area contributed by atoms with Crippen molar-refractivity contribution in [3.8, 4) is 10.6 Å². The van der Waals surface area contributed by atoms with E-state index < -0.39 is 18.0 Å². The van der Waals surface area contributed by atoms with Crippen LogP contribution in [-0.2, 0) is 16.1 Å². The van der Waals surface area contributed by atoms with Crippen LogP contribution in [-0.4, -0.2) is 23.0 Å². The number of thiophene rings is 1. The van der Waals surface area contributed by atoms with Gasteiger partial charge in [-0.3, -0.25) is 4.79 Å². The summed E-state index contributed by atoms with van der Waals surface area (Å²) in [6.45, 7) is 1.77. The third kappa shape index (κ3) is 4.20. The topological polar surface area (TPSA) is 81.4 Å². The molecule has 3 heterocycles. The standard InChI is InChI=1S/C22H18N2O4S/c1-14(21(25)23-13-15-6-4-10-27-15)28-22(26)17-12-19(20-9-5-11-29-20)24-18-8-3-2-7-16(17)18/h2-12,14H,13H2,1H3,(H,23,25)/t14-/m1/s1. The lowest BCUT2D eigenvalue weighted by Crippen LogP contribution is -2.35. The van der Waals surface area contributed by atoms with Crippen molar-refractivity contribution in [2.24, 2.45) is 0 Å². The number of nitrogens with zero attached hydrogens (tertiary/aromatic N) is 1. The molecule has 7 heteroatoms. The van der Waals surface area contributed by atoms with Crippen LogP contribution < -0.4 is 5.32 Å². The number of esters is 1. The highest BCUT2D eigenvalue weighted by atomic mass is 32.1. The SMILES string of the molecule is C[C@@H](OC(=O)c1cc(-c2cccs2)nc2ccccc12)C(=O)NCc1ccco1. The molecule has 3 aromatic heterocycles. The summed E-state index contributed by atoms with van der Waals surface area (Å²) in [5.41, 5.74) is 1.77. The first-order valence-corrected chi connectivity index (χ1v) is 9.94. The highest BCUT2D eigenvalue weighted by Crippen LogP contribution is 2.28. The molecule has 0 unspecified atom stereocenters. The Bertz CT molecular complexity index is 1140. The number of aromatic nitrogens is 1. The average molecular weight is 406 g/mol. The molecule has 1 aromatic carbocycles. The van der Waals surface area contributed by atoms with Crippen LogP contribution in [0.25, 0.3) is 21.5 Å². The van der Waals surface area contributed by atoms with E-state index in [0.717, 1.165) is 4.88 Å². The molecule has 6 nitrogen and oxygen atoms in total. The molecule has 0 aliphatic rings. The molecule has 1 atom stereocenters. The van der Waals surface area contributed by atoms with E-state index in [-0.39, 0.29) is 6.54 Å². The Morgan fingerprint density at radius 3 is 2.79 bits per heavy atom. The summed E-state index contributed by atoms with van der Waals surface area (Å²) in [4.78, 5) is 30.8. The summed E-state index contributed by atoms with van der Waals surface area (Å²) in [5.74, 6) is -0.341. The van der Waals surface area contributed by atoms with Crippen LogP contribution in [0, 0.1) is 0 Å². The van der Waals surface area contributed by atoms with Gasteiger partial charge in [-0.15, -0.1) is 11.3 Å². The van der Waals surface area contributed by atoms with E-state index >= 15 is 0 Å². The lowest BCUT2D eigenvalue weighted by Gasteiger charge is -2.14. The maximum Gasteiger partial charge on any atom is 0.339 e. The zero-order valence-corrected chi connectivity index (χ0v) is 16.4. The number of carbonyl (C=O) groups is 2. The van der Waals surface area contributed by atoms with Gasteiger partial charge in [0.05, 0.1) is 34.5 Å². The van der Waals surface area contributed by atoms with Gasteiger partial charge in [-0.05, 0) is 42.6 Å². The Labute approximate surface area is 171 Å². The van der Waals surface area contributed by atoms with Crippen LogP contribution in [0.1, 0.15) is 23.0 Å². The van der Waals surface area contributed by atoms with Gasteiger partial charge < -0.3 is 14.5 Å². The van der Waals surface area contributed by atoms with Crippen molar-refractivity contribution in [1.29, 1.82) is 0 Å². The number of fused-ring (bicyclic) bond motifs is 1. The predicted octanol–water partition coefficient (Wildman–Crippen LogP) is 4.42. The van der Waals surface area contributed by atoms with Crippen LogP contribution in [0.2, 0.25) is 0 Å². The van der Waals surface area contributed by atoms with E-state index in [4.69, 9.17) is 9.15 Å². The largest absolute Gasteiger partial charge is 0.467 e. The van der Waals surface area contributed by atoms with Crippen LogP contribution in [0.5, 0.6) is 0 Å². The first-order valence-electron chi connectivity index (χ1n) is 9.06. The van der Waals surface area contributed by atoms with Crippen molar-refractivity contribution in [3.63, 3.8) is 0 Å².